The number of H-pyrrole nitrogens is 1. The van der Waals surface area contributed by atoms with Crippen molar-refractivity contribution in [2.24, 2.45) is 0 Å². The number of carbonyl (C=O) groups is 1. The molecule has 1 amide bonds. The fraction of sp³-hybridized carbons (Fsp3) is 0.318. The van der Waals surface area contributed by atoms with E-state index in [-0.39, 0.29) is 5.91 Å². The highest BCUT2D eigenvalue weighted by atomic mass is 16.3. The van der Waals surface area contributed by atoms with E-state index < -0.39 is 0 Å². The van der Waals surface area contributed by atoms with E-state index in [1.165, 1.54) is 23.8 Å². The monoisotopic (exact) mass is 363 g/mol. The molecule has 3 aromatic rings. The molecule has 0 fully saturated rings. The molecule has 1 aliphatic rings. The number of aromatic amines is 1. The summed E-state index contributed by atoms with van der Waals surface area (Å²) in [6, 6.07) is 9.93. The van der Waals surface area contributed by atoms with Gasteiger partial charge in [-0.15, -0.1) is 0 Å². The van der Waals surface area contributed by atoms with Crippen molar-refractivity contribution in [3.8, 4) is 0 Å². The van der Waals surface area contributed by atoms with Gasteiger partial charge in [-0.2, -0.15) is 0 Å². The smallest absolute Gasteiger partial charge is 0.291 e. The Labute approximate surface area is 159 Å². The van der Waals surface area contributed by atoms with E-state index in [4.69, 9.17) is 4.42 Å². The van der Waals surface area contributed by atoms with E-state index in [1.807, 2.05) is 18.2 Å². The van der Waals surface area contributed by atoms with Gasteiger partial charge in [-0.1, -0.05) is 13.0 Å². The highest BCUT2D eigenvalue weighted by molar-refractivity contribution is 6.04. The molecule has 0 spiro atoms. The summed E-state index contributed by atoms with van der Waals surface area (Å²) >= 11 is 0. The zero-order valence-corrected chi connectivity index (χ0v) is 15.8. The van der Waals surface area contributed by atoms with Gasteiger partial charge in [0, 0.05) is 47.5 Å². The Morgan fingerprint density at radius 1 is 1.37 bits per heavy atom. The molecule has 1 aromatic carbocycles. The summed E-state index contributed by atoms with van der Waals surface area (Å²) < 4.78 is 5.17. The van der Waals surface area contributed by atoms with Crippen LogP contribution in [0.4, 0.5) is 5.69 Å². The first kappa shape index (κ1) is 17.6. The molecule has 1 aliphatic heterocycles. The molecule has 0 radical (unpaired) electrons. The van der Waals surface area contributed by atoms with Crippen LogP contribution in [-0.2, 0) is 0 Å². The highest BCUT2D eigenvalue weighted by Gasteiger charge is 2.19. The summed E-state index contributed by atoms with van der Waals surface area (Å²) in [6.45, 7) is 6.61. The largest absolute Gasteiger partial charge is 0.459 e. The number of hydrogen-bond donors (Lipinski definition) is 2. The second kappa shape index (κ2) is 7.45. The molecule has 1 unspecified atom stereocenters. The first-order valence-corrected chi connectivity index (χ1v) is 9.55. The summed E-state index contributed by atoms with van der Waals surface area (Å²) in [5.74, 6) is 0.0713. The SMILES string of the molecule is CCC(C)N1CC=C(c2c[nH]c3ccc(NC(=O)c4ccco4)cc23)CC1. The number of rotatable bonds is 5. The Bertz CT molecular complexity index is 969. The molecule has 2 N–H and O–H groups in total. The molecular formula is C22H25N3O2. The van der Waals surface area contributed by atoms with Crippen LogP contribution in [-0.4, -0.2) is 34.9 Å². The molecule has 27 heavy (non-hydrogen) atoms. The van der Waals surface area contributed by atoms with Crippen molar-refractivity contribution >= 4 is 28.1 Å². The summed E-state index contributed by atoms with van der Waals surface area (Å²) in [7, 11) is 0. The summed E-state index contributed by atoms with van der Waals surface area (Å²) in [4.78, 5) is 18.1. The van der Waals surface area contributed by atoms with Gasteiger partial charge in [-0.25, -0.2) is 0 Å². The van der Waals surface area contributed by atoms with Gasteiger partial charge in [0.15, 0.2) is 5.76 Å². The fourth-order valence-corrected chi connectivity index (χ4v) is 3.65. The number of aromatic nitrogens is 1. The molecule has 5 nitrogen and oxygen atoms in total. The van der Waals surface area contributed by atoms with Gasteiger partial charge < -0.3 is 14.7 Å². The molecule has 3 heterocycles. The summed E-state index contributed by atoms with van der Waals surface area (Å²) in [5, 5.41) is 4.05. The third-order valence-corrected chi connectivity index (χ3v) is 5.49. The maximum Gasteiger partial charge on any atom is 0.291 e. The Morgan fingerprint density at radius 2 is 2.26 bits per heavy atom. The van der Waals surface area contributed by atoms with Crippen molar-refractivity contribution in [1.82, 2.24) is 9.88 Å². The van der Waals surface area contributed by atoms with Gasteiger partial charge in [-0.05, 0) is 55.7 Å². The zero-order valence-electron chi connectivity index (χ0n) is 15.8. The van der Waals surface area contributed by atoms with E-state index in [0.29, 0.717) is 11.8 Å². The standard InChI is InChI=1S/C22H25N3O2/c1-3-15(2)25-10-8-16(9-11-25)19-14-23-20-7-6-17(13-18(19)20)24-22(26)21-5-4-12-27-21/h4-8,12-15,23H,3,9-11H2,1-2H3,(H,24,26). The van der Waals surface area contributed by atoms with E-state index in [1.54, 1.807) is 12.1 Å². The lowest BCUT2D eigenvalue weighted by Crippen LogP contribution is -2.35. The minimum Gasteiger partial charge on any atom is -0.459 e. The molecule has 0 aliphatic carbocycles. The lowest BCUT2D eigenvalue weighted by molar-refractivity contribution is 0.0996. The first-order valence-electron chi connectivity index (χ1n) is 9.55. The lowest BCUT2D eigenvalue weighted by Gasteiger charge is -2.31. The van der Waals surface area contributed by atoms with Crippen LogP contribution < -0.4 is 5.32 Å². The van der Waals surface area contributed by atoms with Crippen LogP contribution in [0.2, 0.25) is 0 Å². The highest BCUT2D eigenvalue weighted by Crippen LogP contribution is 2.31. The van der Waals surface area contributed by atoms with Crippen LogP contribution >= 0.6 is 0 Å². The topological polar surface area (TPSA) is 61.3 Å². The van der Waals surface area contributed by atoms with Crippen LogP contribution in [0, 0.1) is 0 Å². The minimum atomic E-state index is -0.238. The number of furan rings is 1. The number of nitrogens with zero attached hydrogens (tertiary/aromatic N) is 1. The van der Waals surface area contributed by atoms with Gasteiger partial charge >= 0.3 is 0 Å². The average molecular weight is 363 g/mol. The van der Waals surface area contributed by atoms with E-state index in [0.717, 1.165) is 36.1 Å². The number of nitrogens with one attached hydrogen (secondary N) is 2. The van der Waals surface area contributed by atoms with Gasteiger partial charge in [0.05, 0.1) is 6.26 Å². The fourth-order valence-electron chi connectivity index (χ4n) is 3.65. The minimum absolute atomic E-state index is 0.238. The molecule has 0 saturated carbocycles. The van der Waals surface area contributed by atoms with Crippen LogP contribution in [0.5, 0.6) is 0 Å². The zero-order chi connectivity index (χ0) is 18.8. The molecule has 5 heteroatoms. The average Bonchev–Trinajstić information content (AvgIpc) is 3.37. The van der Waals surface area contributed by atoms with Crippen molar-refractivity contribution in [3.63, 3.8) is 0 Å². The van der Waals surface area contributed by atoms with Crippen molar-refractivity contribution in [3.05, 3.63) is 60.2 Å². The number of amides is 1. The molecule has 140 valence electrons. The van der Waals surface area contributed by atoms with E-state index >= 15 is 0 Å². The predicted molar refractivity (Wildman–Crippen MR) is 109 cm³/mol. The Morgan fingerprint density at radius 3 is 2.96 bits per heavy atom. The summed E-state index contributed by atoms with van der Waals surface area (Å²) in [6.07, 6.45) is 8.13. The van der Waals surface area contributed by atoms with Crippen molar-refractivity contribution in [2.75, 3.05) is 18.4 Å². The third-order valence-electron chi connectivity index (χ3n) is 5.49. The summed E-state index contributed by atoms with van der Waals surface area (Å²) in [5.41, 5.74) is 4.44. The second-order valence-electron chi connectivity index (χ2n) is 7.13. The van der Waals surface area contributed by atoms with Gasteiger partial charge in [0.2, 0.25) is 0 Å². The maximum atomic E-state index is 12.2. The van der Waals surface area contributed by atoms with Crippen molar-refractivity contribution in [1.29, 1.82) is 0 Å². The molecule has 2 aromatic heterocycles. The first-order chi connectivity index (χ1) is 13.2. The molecule has 1 atom stereocenters. The van der Waals surface area contributed by atoms with Crippen LogP contribution in [0.25, 0.3) is 16.5 Å². The van der Waals surface area contributed by atoms with E-state index in [9.17, 15) is 4.79 Å². The van der Waals surface area contributed by atoms with Gasteiger partial charge in [-0.3, -0.25) is 9.69 Å². The lowest BCUT2D eigenvalue weighted by atomic mass is 9.97. The van der Waals surface area contributed by atoms with E-state index in [2.05, 4.69) is 41.3 Å². The number of carbonyl (C=O) groups excluding carboxylic acids is 1. The maximum absolute atomic E-state index is 12.2. The third kappa shape index (κ3) is 3.55. The molecule has 4 rings (SSSR count). The number of benzene rings is 1. The molecular weight excluding hydrogens is 338 g/mol. The van der Waals surface area contributed by atoms with Crippen molar-refractivity contribution in [2.45, 2.75) is 32.7 Å². The Kier molecular flexibility index (Phi) is 4.86. The number of fused-ring (bicyclic) bond motifs is 1. The van der Waals surface area contributed by atoms with Crippen LogP contribution in [0.15, 0.2) is 53.3 Å². The van der Waals surface area contributed by atoms with Crippen LogP contribution in [0.3, 0.4) is 0 Å². The number of hydrogen-bond acceptors (Lipinski definition) is 3. The van der Waals surface area contributed by atoms with Gasteiger partial charge in [0.25, 0.3) is 5.91 Å². The van der Waals surface area contributed by atoms with Crippen LogP contribution in [0.1, 0.15) is 42.8 Å². The predicted octanol–water partition coefficient (Wildman–Crippen LogP) is 4.90. The normalized spacial score (nSPS) is 16.3. The van der Waals surface area contributed by atoms with Crippen molar-refractivity contribution < 1.29 is 9.21 Å². The molecule has 0 saturated heterocycles. The quantitative estimate of drug-likeness (QED) is 0.678. The van der Waals surface area contributed by atoms with Gasteiger partial charge in [0.1, 0.15) is 0 Å². The Balaban J connectivity index is 1.58. The second-order valence-corrected chi connectivity index (χ2v) is 7.13. The molecule has 0 bridgehead atoms. The number of anilines is 1. The Hall–Kier alpha value is -2.79.